The fourth-order valence-corrected chi connectivity index (χ4v) is 1.53. The molecule has 96 valence electrons. The summed E-state index contributed by atoms with van der Waals surface area (Å²) < 4.78 is 39.5. The van der Waals surface area contributed by atoms with E-state index in [1.54, 1.807) is 0 Å². The van der Waals surface area contributed by atoms with Gasteiger partial charge in [-0.2, -0.15) is 13.2 Å². The van der Waals surface area contributed by atoms with Crippen molar-refractivity contribution in [2.75, 3.05) is 0 Å². The molecule has 7 heteroatoms. The third-order valence-electron chi connectivity index (χ3n) is 2.53. The van der Waals surface area contributed by atoms with Gasteiger partial charge in [0, 0.05) is 7.05 Å². The van der Waals surface area contributed by atoms with Crippen molar-refractivity contribution in [2.24, 2.45) is 7.05 Å². The minimum absolute atomic E-state index is 0.0470. The Hall–Kier alpha value is -2.18. The van der Waals surface area contributed by atoms with E-state index in [2.05, 4.69) is 0 Å². The van der Waals surface area contributed by atoms with Gasteiger partial charge in [0.1, 0.15) is 0 Å². The highest BCUT2D eigenvalue weighted by Gasteiger charge is 2.30. The number of hydrogen-bond donors (Lipinski definition) is 1. The number of rotatable bonds is 1. The maximum atomic E-state index is 12.5. The zero-order valence-electron chi connectivity index (χ0n) is 9.27. The van der Waals surface area contributed by atoms with Gasteiger partial charge in [-0.25, -0.2) is 4.79 Å². The van der Waals surface area contributed by atoms with Gasteiger partial charge in [0.05, 0.1) is 17.4 Å². The molecule has 1 N–H and O–H groups in total. The summed E-state index contributed by atoms with van der Waals surface area (Å²) in [6.45, 7) is 0. The number of alkyl halides is 3. The van der Waals surface area contributed by atoms with Gasteiger partial charge in [-0.3, -0.25) is 9.13 Å². The molecule has 0 amide bonds. The quantitative estimate of drug-likeness (QED) is 0.849. The Labute approximate surface area is 99.5 Å². The molecule has 0 unspecified atom stereocenters. The van der Waals surface area contributed by atoms with E-state index in [1.165, 1.54) is 19.2 Å². The molecule has 0 saturated heterocycles. The fraction of sp³-hybridized carbons (Fsp3) is 0.182. The number of imidazole rings is 1. The van der Waals surface area contributed by atoms with Gasteiger partial charge in [-0.15, -0.1) is 0 Å². The minimum Gasteiger partial charge on any atom is -0.493 e. The Bertz CT molecular complexity index is 640. The molecule has 4 nitrogen and oxygen atoms in total. The molecule has 0 saturated carbocycles. The SMILES string of the molecule is Cn1c(O)cn(-c2cccc(C(F)(F)F)c2)c1=O. The van der Waals surface area contributed by atoms with Crippen LogP contribution in [0.25, 0.3) is 5.69 Å². The summed E-state index contributed by atoms with van der Waals surface area (Å²) in [5.74, 6) is -0.322. The molecule has 2 aromatic rings. The van der Waals surface area contributed by atoms with Crippen LogP contribution in [0.4, 0.5) is 13.2 Å². The highest BCUT2D eigenvalue weighted by Crippen LogP contribution is 2.30. The van der Waals surface area contributed by atoms with Crippen molar-refractivity contribution in [3.63, 3.8) is 0 Å². The van der Waals surface area contributed by atoms with Crippen LogP contribution in [0.1, 0.15) is 5.56 Å². The first-order valence-corrected chi connectivity index (χ1v) is 4.95. The molecule has 2 rings (SSSR count). The third kappa shape index (κ3) is 1.99. The van der Waals surface area contributed by atoms with Crippen molar-refractivity contribution in [1.29, 1.82) is 0 Å². The zero-order chi connectivity index (χ0) is 13.5. The number of benzene rings is 1. The van der Waals surface area contributed by atoms with Crippen molar-refractivity contribution in [1.82, 2.24) is 9.13 Å². The lowest BCUT2D eigenvalue weighted by Crippen LogP contribution is -2.20. The van der Waals surface area contributed by atoms with E-state index in [-0.39, 0.29) is 11.6 Å². The van der Waals surface area contributed by atoms with Crippen molar-refractivity contribution in [3.8, 4) is 11.6 Å². The van der Waals surface area contributed by atoms with E-state index in [0.717, 1.165) is 27.5 Å². The normalized spacial score (nSPS) is 11.8. The van der Waals surface area contributed by atoms with Crippen molar-refractivity contribution >= 4 is 0 Å². The minimum atomic E-state index is -4.48. The van der Waals surface area contributed by atoms with Crippen LogP contribution in [0.2, 0.25) is 0 Å². The first kappa shape index (κ1) is 12.3. The Morgan fingerprint density at radius 1 is 1.28 bits per heavy atom. The average molecular weight is 258 g/mol. The van der Waals surface area contributed by atoms with Crippen LogP contribution in [-0.2, 0) is 13.2 Å². The largest absolute Gasteiger partial charge is 0.493 e. The summed E-state index contributed by atoms with van der Waals surface area (Å²) in [5, 5.41) is 9.33. The molecular weight excluding hydrogens is 249 g/mol. The van der Waals surface area contributed by atoms with Crippen LogP contribution < -0.4 is 5.69 Å². The molecule has 0 bridgehead atoms. The lowest BCUT2D eigenvalue weighted by molar-refractivity contribution is -0.137. The molecule has 1 aromatic carbocycles. The smallest absolute Gasteiger partial charge is 0.416 e. The maximum absolute atomic E-state index is 12.5. The van der Waals surface area contributed by atoms with E-state index < -0.39 is 17.4 Å². The van der Waals surface area contributed by atoms with Crippen molar-refractivity contribution < 1.29 is 18.3 Å². The summed E-state index contributed by atoms with van der Waals surface area (Å²) >= 11 is 0. The monoisotopic (exact) mass is 258 g/mol. The van der Waals surface area contributed by atoms with E-state index >= 15 is 0 Å². The van der Waals surface area contributed by atoms with Crippen LogP contribution in [0.3, 0.4) is 0 Å². The second-order valence-corrected chi connectivity index (χ2v) is 3.75. The molecule has 0 radical (unpaired) electrons. The van der Waals surface area contributed by atoms with Gasteiger partial charge in [0.15, 0.2) is 0 Å². The van der Waals surface area contributed by atoms with Gasteiger partial charge in [0.2, 0.25) is 5.88 Å². The van der Waals surface area contributed by atoms with E-state index in [9.17, 15) is 23.1 Å². The Kier molecular flexibility index (Phi) is 2.68. The Morgan fingerprint density at radius 3 is 2.44 bits per heavy atom. The van der Waals surface area contributed by atoms with E-state index in [1.807, 2.05) is 0 Å². The summed E-state index contributed by atoms with van der Waals surface area (Å²) in [7, 11) is 1.32. The molecule has 0 fully saturated rings. The summed E-state index contributed by atoms with van der Waals surface area (Å²) in [4.78, 5) is 11.6. The standard InChI is InChI=1S/C11H9F3N2O2/c1-15-9(17)6-16(10(15)18)8-4-2-3-7(5-8)11(12,13)14/h2-6,17H,1H3. The summed E-state index contributed by atoms with van der Waals surface area (Å²) in [5.41, 5.74) is -1.42. The molecule has 0 aliphatic rings. The number of nitrogens with zero attached hydrogens (tertiary/aromatic N) is 2. The summed E-state index contributed by atoms with van der Waals surface area (Å²) in [6, 6.07) is 4.32. The lowest BCUT2D eigenvalue weighted by Gasteiger charge is -2.08. The Balaban J connectivity index is 2.59. The fourth-order valence-electron chi connectivity index (χ4n) is 1.53. The molecule has 1 aromatic heterocycles. The van der Waals surface area contributed by atoms with Gasteiger partial charge < -0.3 is 5.11 Å². The Morgan fingerprint density at radius 2 is 1.94 bits per heavy atom. The highest BCUT2D eigenvalue weighted by atomic mass is 19.4. The molecule has 0 aliphatic heterocycles. The van der Waals surface area contributed by atoms with Gasteiger partial charge in [0.25, 0.3) is 0 Å². The predicted molar refractivity (Wildman–Crippen MR) is 57.7 cm³/mol. The van der Waals surface area contributed by atoms with Crippen LogP contribution in [0, 0.1) is 0 Å². The second kappa shape index (κ2) is 3.94. The molecule has 0 spiro atoms. The average Bonchev–Trinajstić information content (AvgIpc) is 2.56. The van der Waals surface area contributed by atoms with E-state index in [4.69, 9.17) is 0 Å². The second-order valence-electron chi connectivity index (χ2n) is 3.75. The lowest BCUT2D eigenvalue weighted by atomic mass is 10.2. The topological polar surface area (TPSA) is 47.2 Å². The van der Waals surface area contributed by atoms with Crippen molar-refractivity contribution in [2.45, 2.75) is 6.18 Å². The molecule has 0 aliphatic carbocycles. The molecule has 0 atom stereocenters. The zero-order valence-corrected chi connectivity index (χ0v) is 9.27. The van der Waals surface area contributed by atoms with Crippen LogP contribution >= 0.6 is 0 Å². The van der Waals surface area contributed by atoms with Gasteiger partial charge >= 0.3 is 11.9 Å². The van der Waals surface area contributed by atoms with Crippen LogP contribution in [0.5, 0.6) is 5.88 Å². The predicted octanol–water partition coefficient (Wildman–Crippen LogP) is 1.90. The van der Waals surface area contributed by atoms with Crippen molar-refractivity contribution in [3.05, 3.63) is 46.5 Å². The van der Waals surface area contributed by atoms with Crippen LogP contribution in [-0.4, -0.2) is 14.2 Å². The molecular formula is C11H9F3N2O2. The summed E-state index contributed by atoms with van der Waals surface area (Å²) in [6.07, 6.45) is -3.41. The first-order chi connectivity index (χ1) is 8.30. The molecule has 18 heavy (non-hydrogen) atoms. The van der Waals surface area contributed by atoms with E-state index in [0.29, 0.717) is 0 Å². The highest BCUT2D eigenvalue weighted by molar-refractivity contribution is 5.38. The van der Waals surface area contributed by atoms with Crippen LogP contribution in [0.15, 0.2) is 35.3 Å². The van der Waals surface area contributed by atoms with Gasteiger partial charge in [-0.1, -0.05) is 6.07 Å². The van der Waals surface area contributed by atoms with Gasteiger partial charge in [-0.05, 0) is 18.2 Å². The number of aromatic hydroxyl groups is 1. The first-order valence-electron chi connectivity index (χ1n) is 4.95. The maximum Gasteiger partial charge on any atom is 0.416 e. The number of halogens is 3. The number of hydrogen-bond acceptors (Lipinski definition) is 2. The third-order valence-corrected chi connectivity index (χ3v) is 2.53. The molecule has 1 heterocycles. The number of aromatic nitrogens is 2.